The summed E-state index contributed by atoms with van der Waals surface area (Å²) in [6, 6.07) is 13.3. The first-order chi connectivity index (χ1) is 27.8. The average Bonchev–Trinajstić information content (AvgIpc) is 3.73. The van der Waals surface area contributed by atoms with E-state index in [9.17, 15) is 29.1 Å². The summed E-state index contributed by atoms with van der Waals surface area (Å²) in [4.78, 5) is 79.2. The number of rotatable bonds is 11. The standard InChI is InChI=1S/C43H50N8O6S/c1-25-6-4-9-31(45-25)38(53)46-32-23-35-33(22-29(32)43(2,3)57)47-42(58-35)50-20-15-27(16-21-50)24-49-18-13-26(14-19-49)12-17-44-30-8-5-7-28-37(30)41(56)51(40(28)55)34-10-11-36(52)48-39(34)54/h4-9,22-23,26-27,34,44,57H,10-21,24H2,1-3H3,(H,46,53)(H,48,52,54). The van der Waals surface area contributed by atoms with Crippen molar-refractivity contribution in [2.24, 2.45) is 11.8 Å². The molecule has 3 fully saturated rings. The fourth-order valence-electron chi connectivity index (χ4n) is 8.77. The number of hydrogen-bond acceptors (Lipinski definition) is 12. The van der Waals surface area contributed by atoms with Gasteiger partial charge in [0, 0.05) is 55.2 Å². The maximum atomic E-state index is 13.4. The Bertz CT molecular complexity index is 2270. The third kappa shape index (κ3) is 8.20. The number of likely N-dealkylation sites (tertiary alicyclic amines) is 1. The molecule has 5 amide bonds. The Hall–Kier alpha value is -5.25. The molecule has 304 valence electrons. The molecule has 6 heterocycles. The number of nitrogens with zero attached hydrogens (tertiary/aromatic N) is 5. The first-order valence-electron chi connectivity index (χ1n) is 20.3. The number of aliphatic hydroxyl groups is 1. The van der Waals surface area contributed by atoms with E-state index in [1.54, 1.807) is 55.5 Å². The van der Waals surface area contributed by atoms with Crippen molar-refractivity contribution in [2.45, 2.75) is 77.4 Å². The topological polar surface area (TPSA) is 177 Å². The number of benzene rings is 2. The van der Waals surface area contributed by atoms with Crippen molar-refractivity contribution in [3.8, 4) is 0 Å². The molecule has 0 radical (unpaired) electrons. The first kappa shape index (κ1) is 39.6. The number of imide groups is 2. The predicted molar refractivity (Wildman–Crippen MR) is 222 cm³/mol. The molecule has 1 atom stereocenters. The summed E-state index contributed by atoms with van der Waals surface area (Å²) >= 11 is 1.61. The van der Waals surface area contributed by atoms with Crippen LogP contribution in [0.5, 0.6) is 0 Å². The predicted octanol–water partition coefficient (Wildman–Crippen LogP) is 5.31. The maximum Gasteiger partial charge on any atom is 0.274 e. The lowest BCUT2D eigenvalue weighted by atomic mass is 9.91. The second kappa shape index (κ2) is 16.2. The number of anilines is 3. The van der Waals surface area contributed by atoms with Crippen LogP contribution >= 0.6 is 11.3 Å². The van der Waals surface area contributed by atoms with Gasteiger partial charge in [0.25, 0.3) is 17.7 Å². The maximum absolute atomic E-state index is 13.4. The summed E-state index contributed by atoms with van der Waals surface area (Å²) in [5.41, 5.74) is 3.03. The molecule has 15 heteroatoms. The number of piperidine rings is 3. The Labute approximate surface area is 341 Å². The molecule has 4 N–H and O–H groups in total. The SMILES string of the molecule is Cc1cccc(C(=O)Nc2cc3sc(N4CCC(CN5CCC(CCNc6cccc7c6C(=O)N(C6CCC(=O)NC6=O)C7=O)CC5)CC4)nc3cc2C(C)(C)O)n1. The minimum absolute atomic E-state index is 0.0885. The van der Waals surface area contributed by atoms with Crippen LogP contribution in [-0.2, 0) is 15.2 Å². The number of carbonyl (C=O) groups is 5. The number of hydrogen-bond donors (Lipinski definition) is 4. The number of aryl methyl sites for hydroxylation is 1. The van der Waals surface area contributed by atoms with Crippen LogP contribution in [0.25, 0.3) is 10.2 Å². The molecule has 0 saturated carbocycles. The average molecular weight is 807 g/mol. The highest BCUT2D eigenvalue weighted by Gasteiger charge is 2.45. The summed E-state index contributed by atoms with van der Waals surface area (Å²) in [6.07, 6.45) is 5.56. The highest BCUT2D eigenvalue weighted by atomic mass is 32.1. The van der Waals surface area contributed by atoms with Crippen molar-refractivity contribution in [3.63, 3.8) is 0 Å². The number of thiazole rings is 1. The van der Waals surface area contributed by atoms with Gasteiger partial charge in [-0.05, 0) is 121 Å². The summed E-state index contributed by atoms with van der Waals surface area (Å²) < 4.78 is 0.948. The van der Waals surface area contributed by atoms with Crippen LogP contribution in [0, 0.1) is 18.8 Å². The van der Waals surface area contributed by atoms with Gasteiger partial charge in [0.2, 0.25) is 11.8 Å². The monoisotopic (exact) mass is 806 g/mol. The molecule has 8 rings (SSSR count). The number of pyridine rings is 1. The van der Waals surface area contributed by atoms with Gasteiger partial charge < -0.3 is 25.5 Å². The van der Waals surface area contributed by atoms with Crippen LogP contribution in [-0.4, -0.2) is 99.7 Å². The van der Waals surface area contributed by atoms with Gasteiger partial charge in [-0.1, -0.05) is 23.5 Å². The molecule has 2 aromatic heterocycles. The van der Waals surface area contributed by atoms with Gasteiger partial charge in [-0.3, -0.25) is 34.2 Å². The second-order valence-corrected chi connectivity index (χ2v) is 17.6. The van der Waals surface area contributed by atoms with E-state index < -0.39 is 35.3 Å². The second-order valence-electron chi connectivity index (χ2n) is 16.6. The molecule has 2 aromatic carbocycles. The van der Waals surface area contributed by atoms with E-state index in [-0.39, 0.29) is 24.3 Å². The Morgan fingerprint density at radius 1 is 0.914 bits per heavy atom. The zero-order valence-electron chi connectivity index (χ0n) is 33.2. The molecule has 0 bridgehead atoms. The molecular formula is C43H50N8O6S. The number of nitrogens with one attached hydrogen (secondary N) is 3. The molecule has 1 unspecified atom stereocenters. The van der Waals surface area contributed by atoms with Crippen LogP contribution in [0.3, 0.4) is 0 Å². The lowest BCUT2D eigenvalue weighted by Gasteiger charge is -2.37. The smallest absolute Gasteiger partial charge is 0.274 e. The van der Waals surface area contributed by atoms with Gasteiger partial charge in [0.05, 0.1) is 26.9 Å². The summed E-state index contributed by atoms with van der Waals surface area (Å²) in [5, 5.41) is 20.6. The van der Waals surface area contributed by atoms with Gasteiger partial charge >= 0.3 is 0 Å². The van der Waals surface area contributed by atoms with Crippen molar-refractivity contribution in [2.75, 3.05) is 54.8 Å². The molecular weight excluding hydrogens is 757 g/mol. The van der Waals surface area contributed by atoms with Crippen molar-refractivity contribution in [1.82, 2.24) is 25.1 Å². The Balaban J connectivity index is 0.805. The van der Waals surface area contributed by atoms with Gasteiger partial charge in [0.1, 0.15) is 11.7 Å². The number of fused-ring (bicyclic) bond motifs is 2. The third-order valence-electron chi connectivity index (χ3n) is 12.0. The fourth-order valence-corrected chi connectivity index (χ4v) is 9.80. The quantitative estimate of drug-likeness (QED) is 0.145. The number of aromatic nitrogens is 2. The number of amides is 5. The van der Waals surface area contributed by atoms with Crippen molar-refractivity contribution < 1.29 is 29.1 Å². The Morgan fingerprint density at radius 2 is 1.66 bits per heavy atom. The van der Waals surface area contributed by atoms with E-state index in [0.29, 0.717) is 46.6 Å². The van der Waals surface area contributed by atoms with Crippen molar-refractivity contribution in [1.29, 1.82) is 0 Å². The summed E-state index contributed by atoms with van der Waals surface area (Å²) in [5.74, 6) is -1.15. The highest BCUT2D eigenvalue weighted by molar-refractivity contribution is 7.22. The lowest BCUT2D eigenvalue weighted by molar-refractivity contribution is -0.136. The number of carbonyl (C=O) groups excluding carboxylic acids is 5. The first-order valence-corrected chi connectivity index (χ1v) is 21.1. The molecule has 58 heavy (non-hydrogen) atoms. The van der Waals surface area contributed by atoms with E-state index >= 15 is 0 Å². The summed E-state index contributed by atoms with van der Waals surface area (Å²) in [6.45, 7) is 11.0. The van der Waals surface area contributed by atoms with Gasteiger partial charge in [0.15, 0.2) is 5.13 Å². The van der Waals surface area contributed by atoms with Gasteiger partial charge in [-0.15, -0.1) is 0 Å². The molecule has 14 nitrogen and oxygen atoms in total. The Kier molecular flexibility index (Phi) is 11.0. The van der Waals surface area contributed by atoms with Gasteiger partial charge in [-0.25, -0.2) is 9.97 Å². The van der Waals surface area contributed by atoms with Crippen LogP contribution in [0.2, 0.25) is 0 Å². The lowest BCUT2D eigenvalue weighted by Crippen LogP contribution is -2.54. The zero-order valence-corrected chi connectivity index (χ0v) is 34.0. The fraction of sp³-hybridized carbons (Fsp3) is 0.465. The molecule has 0 spiro atoms. The van der Waals surface area contributed by atoms with E-state index in [4.69, 9.17) is 4.98 Å². The zero-order chi connectivity index (χ0) is 40.7. The normalized spacial score (nSPS) is 19.8. The van der Waals surface area contributed by atoms with Crippen LogP contribution in [0.1, 0.15) is 101 Å². The third-order valence-corrected chi connectivity index (χ3v) is 13.1. The van der Waals surface area contributed by atoms with Crippen LogP contribution < -0.4 is 20.9 Å². The van der Waals surface area contributed by atoms with Crippen molar-refractivity contribution >= 4 is 67.6 Å². The minimum Gasteiger partial charge on any atom is -0.386 e. The van der Waals surface area contributed by atoms with Gasteiger partial charge in [-0.2, -0.15) is 0 Å². The highest BCUT2D eigenvalue weighted by Crippen LogP contribution is 2.38. The van der Waals surface area contributed by atoms with E-state index in [1.165, 1.54) is 0 Å². The minimum atomic E-state index is -1.19. The largest absolute Gasteiger partial charge is 0.386 e. The molecule has 4 aliphatic rings. The summed E-state index contributed by atoms with van der Waals surface area (Å²) in [7, 11) is 0. The van der Waals surface area contributed by atoms with Crippen molar-refractivity contribution in [3.05, 3.63) is 76.6 Å². The van der Waals surface area contributed by atoms with E-state index in [2.05, 4.69) is 30.7 Å². The van der Waals surface area contributed by atoms with E-state index in [0.717, 1.165) is 90.8 Å². The Morgan fingerprint density at radius 3 is 2.38 bits per heavy atom. The molecule has 4 aromatic rings. The van der Waals surface area contributed by atoms with Crippen LogP contribution in [0.4, 0.5) is 16.5 Å². The van der Waals surface area contributed by atoms with E-state index in [1.807, 2.05) is 25.1 Å². The molecule has 4 aliphatic heterocycles. The molecule has 3 saturated heterocycles. The molecule has 0 aliphatic carbocycles. The van der Waals surface area contributed by atoms with Crippen LogP contribution in [0.15, 0.2) is 48.5 Å².